The number of morpholine rings is 1. The van der Waals surface area contributed by atoms with Crippen LogP contribution in [0.5, 0.6) is 0 Å². The first-order valence-electron chi connectivity index (χ1n) is 5.53. The third kappa shape index (κ3) is 4.07. The zero-order valence-corrected chi connectivity index (χ0v) is 9.89. The van der Waals surface area contributed by atoms with E-state index in [9.17, 15) is 9.59 Å². The summed E-state index contributed by atoms with van der Waals surface area (Å²) < 4.78 is 5.19. The number of carboxylic acid groups (broad SMARTS) is 1. The smallest absolute Gasteiger partial charge is 0.318 e. The first-order valence-corrected chi connectivity index (χ1v) is 5.53. The van der Waals surface area contributed by atoms with E-state index in [2.05, 4.69) is 11.9 Å². The van der Waals surface area contributed by atoms with E-state index in [1.807, 2.05) is 0 Å². The number of carbonyl (C=O) groups is 2. The minimum atomic E-state index is -0.935. The molecule has 1 saturated heterocycles. The molecule has 0 aliphatic carbocycles. The van der Waals surface area contributed by atoms with Gasteiger partial charge in [0.15, 0.2) is 0 Å². The van der Waals surface area contributed by atoms with Crippen LogP contribution in [0.1, 0.15) is 13.3 Å². The molecule has 2 unspecified atom stereocenters. The lowest BCUT2D eigenvalue weighted by molar-refractivity contribution is -0.139. The molecule has 0 aromatic heterocycles. The van der Waals surface area contributed by atoms with Crippen molar-refractivity contribution in [3.63, 3.8) is 0 Å². The molecule has 6 nitrogen and oxygen atoms in total. The molecule has 0 radical (unpaired) electrons. The highest BCUT2D eigenvalue weighted by molar-refractivity contribution is 5.76. The molecule has 2 amide bonds. The molecule has 1 aliphatic rings. The van der Waals surface area contributed by atoms with Gasteiger partial charge in [0.2, 0.25) is 0 Å². The van der Waals surface area contributed by atoms with Crippen molar-refractivity contribution in [2.24, 2.45) is 0 Å². The van der Waals surface area contributed by atoms with Gasteiger partial charge in [-0.15, -0.1) is 6.58 Å². The number of ether oxygens (including phenoxy) is 1. The number of hydrogen-bond acceptors (Lipinski definition) is 3. The number of carboxylic acids is 1. The second-order valence-electron chi connectivity index (χ2n) is 3.99. The molecule has 17 heavy (non-hydrogen) atoms. The van der Waals surface area contributed by atoms with Gasteiger partial charge < -0.3 is 20.1 Å². The van der Waals surface area contributed by atoms with E-state index >= 15 is 0 Å². The molecule has 0 aromatic carbocycles. The Morgan fingerprint density at radius 1 is 1.71 bits per heavy atom. The second-order valence-corrected chi connectivity index (χ2v) is 3.99. The number of nitrogens with zero attached hydrogens (tertiary/aromatic N) is 1. The Kier molecular flexibility index (Phi) is 4.96. The summed E-state index contributed by atoms with van der Waals surface area (Å²) in [5.74, 6) is -0.935. The maximum Gasteiger partial charge on any atom is 0.318 e. The van der Waals surface area contributed by atoms with Crippen LogP contribution in [-0.2, 0) is 9.53 Å². The molecule has 2 N–H and O–H groups in total. The predicted octanol–water partition coefficient (Wildman–Crippen LogP) is 0.446. The Bertz CT molecular complexity index is 306. The van der Waals surface area contributed by atoms with Crippen LogP contribution in [0.3, 0.4) is 0 Å². The van der Waals surface area contributed by atoms with Gasteiger partial charge in [-0.2, -0.15) is 0 Å². The van der Waals surface area contributed by atoms with Crippen molar-refractivity contribution < 1.29 is 19.4 Å². The lowest BCUT2D eigenvalue weighted by atomic mass is 10.1. The number of urea groups is 1. The first-order chi connectivity index (χ1) is 8.04. The van der Waals surface area contributed by atoms with Crippen LogP contribution in [0.15, 0.2) is 12.7 Å². The van der Waals surface area contributed by atoms with Crippen LogP contribution < -0.4 is 5.32 Å². The quantitative estimate of drug-likeness (QED) is 0.701. The fourth-order valence-corrected chi connectivity index (χ4v) is 1.63. The predicted molar refractivity (Wildman–Crippen MR) is 61.8 cm³/mol. The molecule has 0 bridgehead atoms. The van der Waals surface area contributed by atoms with Crippen molar-refractivity contribution in [2.75, 3.05) is 19.8 Å². The number of nitrogens with one attached hydrogen (secondary N) is 1. The number of carbonyl (C=O) groups excluding carboxylic acids is 1. The van der Waals surface area contributed by atoms with Gasteiger partial charge in [-0.05, 0) is 6.92 Å². The molecule has 2 atom stereocenters. The fourth-order valence-electron chi connectivity index (χ4n) is 1.63. The van der Waals surface area contributed by atoms with E-state index in [0.717, 1.165) is 0 Å². The summed E-state index contributed by atoms with van der Waals surface area (Å²) in [4.78, 5) is 24.1. The van der Waals surface area contributed by atoms with Gasteiger partial charge >= 0.3 is 12.0 Å². The third-order valence-corrected chi connectivity index (χ3v) is 2.60. The van der Waals surface area contributed by atoms with Gasteiger partial charge in [0.05, 0.1) is 25.7 Å². The number of rotatable bonds is 4. The summed E-state index contributed by atoms with van der Waals surface area (Å²) in [7, 11) is 0. The molecule has 1 heterocycles. The molecular formula is C11H18N2O4. The standard InChI is InChI=1S/C11H18N2O4/c1-3-8(2)12-11(16)13-4-5-17-7-9(13)6-10(14)15/h3,8-9H,1,4-7H2,2H3,(H,12,16)(H,14,15). The van der Waals surface area contributed by atoms with Crippen LogP contribution in [0.2, 0.25) is 0 Å². The molecule has 1 aliphatic heterocycles. The van der Waals surface area contributed by atoms with Crippen molar-refractivity contribution >= 4 is 12.0 Å². The van der Waals surface area contributed by atoms with Gasteiger partial charge in [-0.3, -0.25) is 4.79 Å². The zero-order valence-electron chi connectivity index (χ0n) is 9.89. The lowest BCUT2D eigenvalue weighted by Crippen LogP contribution is -2.54. The molecular weight excluding hydrogens is 224 g/mol. The number of hydrogen-bond donors (Lipinski definition) is 2. The van der Waals surface area contributed by atoms with Crippen molar-refractivity contribution in [3.8, 4) is 0 Å². The topological polar surface area (TPSA) is 78.9 Å². The summed E-state index contributed by atoms with van der Waals surface area (Å²) >= 11 is 0. The first kappa shape index (κ1) is 13.5. The van der Waals surface area contributed by atoms with Crippen molar-refractivity contribution in [1.29, 1.82) is 0 Å². The summed E-state index contributed by atoms with van der Waals surface area (Å²) in [5.41, 5.74) is 0. The van der Waals surface area contributed by atoms with Crippen molar-refractivity contribution in [2.45, 2.75) is 25.4 Å². The molecule has 1 fully saturated rings. The number of aliphatic carboxylic acids is 1. The van der Waals surface area contributed by atoms with Gasteiger partial charge in [-0.1, -0.05) is 6.08 Å². The summed E-state index contributed by atoms with van der Waals surface area (Å²) in [6, 6.07) is -0.818. The zero-order chi connectivity index (χ0) is 12.8. The van der Waals surface area contributed by atoms with E-state index in [-0.39, 0.29) is 25.1 Å². The maximum absolute atomic E-state index is 11.9. The van der Waals surface area contributed by atoms with Crippen LogP contribution in [0, 0.1) is 0 Å². The molecule has 6 heteroatoms. The van der Waals surface area contributed by atoms with E-state index in [4.69, 9.17) is 9.84 Å². The Morgan fingerprint density at radius 2 is 2.41 bits per heavy atom. The lowest BCUT2D eigenvalue weighted by Gasteiger charge is -2.35. The Balaban J connectivity index is 2.60. The average Bonchev–Trinajstić information content (AvgIpc) is 2.28. The fraction of sp³-hybridized carbons (Fsp3) is 0.636. The van der Waals surface area contributed by atoms with Gasteiger partial charge in [0.25, 0.3) is 0 Å². The van der Waals surface area contributed by atoms with E-state index in [1.165, 1.54) is 4.90 Å². The second kappa shape index (κ2) is 6.24. The molecule has 1 rings (SSSR count). The molecule has 0 spiro atoms. The molecule has 0 aromatic rings. The summed E-state index contributed by atoms with van der Waals surface area (Å²) in [6.07, 6.45) is 1.51. The van der Waals surface area contributed by atoms with Gasteiger partial charge in [0.1, 0.15) is 0 Å². The van der Waals surface area contributed by atoms with Crippen LogP contribution in [-0.4, -0.2) is 53.8 Å². The average molecular weight is 242 g/mol. The monoisotopic (exact) mass is 242 g/mol. The maximum atomic E-state index is 11.9. The van der Waals surface area contributed by atoms with E-state index < -0.39 is 12.0 Å². The van der Waals surface area contributed by atoms with Crippen molar-refractivity contribution in [1.82, 2.24) is 10.2 Å². The Morgan fingerprint density at radius 3 is 3.00 bits per heavy atom. The van der Waals surface area contributed by atoms with Crippen LogP contribution in [0.25, 0.3) is 0 Å². The van der Waals surface area contributed by atoms with Crippen LogP contribution >= 0.6 is 0 Å². The highest BCUT2D eigenvalue weighted by Crippen LogP contribution is 2.11. The highest BCUT2D eigenvalue weighted by Gasteiger charge is 2.29. The largest absolute Gasteiger partial charge is 0.481 e. The van der Waals surface area contributed by atoms with E-state index in [0.29, 0.717) is 13.2 Å². The SMILES string of the molecule is C=CC(C)NC(=O)N1CCOCC1CC(=O)O. The van der Waals surface area contributed by atoms with E-state index in [1.54, 1.807) is 13.0 Å². The Hall–Kier alpha value is -1.56. The molecule has 0 saturated carbocycles. The normalized spacial score (nSPS) is 21.7. The van der Waals surface area contributed by atoms with Gasteiger partial charge in [0, 0.05) is 12.6 Å². The Labute approximate surface area is 100 Å². The summed E-state index contributed by atoms with van der Waals surface area (Å²) in [6.45, 7) is 6.49. The third-order valence-electron chi connectivity index (χ3n) is 2.60. The molecule has 96 valence electrons. The number of amides is 2. The minimum absolute atomic E-state index is 0.101. The minimum Gasteiger partial charge on any atom is -0.481 e. The highest BCUT2D eigenvalue weighted by atomic mass is 16.5. The van der Waals surface area contributed by atoms with Crippen LogP contribution in [0.4, 0.5) is 4.79 Å². The summed E-state index contributed by atoms with van der Waals surface area (Å²) in [5, 5.41) is 11.5. The van der Waals surface area contributed by atoms with Gasteiger partial charge in [-0.25, -0.2) is 4.79 Å². The van der Waals surface area contributed by atoms with Crippen molar-refractivity contribution in [3.05, 3.63) is 12.7 Å².